The van der Waals surface area contributed by atoms with Crippen LogP contribution in [0.25, 0.3) is 0 Å². The van der Waals surface area contributed by atoms with Crippen LogP contribution in [0.2, 0.25) is 5.22 Å². The first kappa shape index (κ1) is 10.2. The van der Waals surface area contributed by atoms with Crippen molar-refractivity contribution in [2.24, 2.45) is 0 Å². The fraction of sp³-hybridized carbons (Fsp3) is 0.111. The van der Waals surface area contributed by atoms with Crippen molar-refractivity contribution in [1.29, 1.82) is 0 Å². The molecule has 2 rings (SSSR count). The molecule has 0 saturated heterocycles. The van der Waals surface area contributed by atoms with Gasteiger partial charge in [-0.25, -0.2) is 0 Å². The molecule has 0 aliphatic carbocycles. The number of halogens is 2. The number of rotatable bonds is 2. The molecule has 0 bridgehead atoms. The summed E-state index contributed by atoms with van der Waals surface area (Å²) in [6, 6.07) is 3.28. The highest BCUT2D eigenvalue weighted by Gasteiger charge is 2.17. The van der Waals surface area contributed by atoms with Gasteiger partial charge in [0.05, 0.1) is 0 Å². The van der Waals surface area contributed by atoms with E-state index in [2.05, 4.69) is 15.9 Å². The smallest absolute Gasteiger partial charge is 0.193 e. The number of hydrogen-bond donors (Lipinski definition) is 1. The van der Waals surface area contributed by atoms with Crippen molar-refractivity contribution in [2.45, 2.75) is 6.10 Å². The molecule has 74 valence electrons. The molecule has 0 aliphatic rings. The van der Waals surface area contributed by atoms with Crippen molar-refractivity contribution in [3.63, 3.8) is 0 Å². The Hall–Kier alpha value is -0.290. The molecular formula is C9H6BrClO2S. The first-order chi connectivity index (χ1) is 6.68. The maximum absolute atomic E-state index is 9.90. The van der Waals surface area contributed by atoms with Gasteiger partial charge in [-0.2, -0.15) is 11.3 Å². The molecule has 0 aromatic carbocycles. The molecule has 0 aliphatic heterocycles. The molecule has 2 nitrogen and oxygen atoms in total. The molecule has 5 heteroatoms. The number of furan rings is 1. The second kappa shape index (κ2) is 4.06. The summed E-state index contributed by atoms with van der Waals surface area (Å²) >= 11 is 10.5. The zero-order valence-corrected chi connectivity index (χ0v) is 10.1. The molecule has 0 fully saturated rings. The Balaban J connectivity index is 2.33. The summed E-state index contributed by atoms with van der Waals surface area (Å²) in [5.41, 5.74) is 0.793. The highest BCUT2D eigenvalue weighted by Crippen LogP contribution is 2.32. The normalized spacial score (nSPS) is 13.1. The van der Waals surface area contributed by atoms with Crippen molar-refractivity contribution in [3.05, 3.63) is 43.9 Å². The van der Waals surface area contributed by atoms with E-state index >= 15 is 0 Å². The highest BCUT2D eigenvalue weighted by atomic mass is 79.9. The lowest BCUT2D eigenvalue weighted by Crippen LogP contribution is -1.96. The van der Waals surface area contributed by atoms with Crippen molar-refractivity contribution in [2.75, 3.05) is 0 Å². The molecule has 1 atom stereocenters. The third-order valence-corrected chi connectivity index (χ3v) is 3.76. The van der Waals surface area contributed by atoms with Crippen LogP contribution >= 0.6 is 38.9 Å². The number of thiophene rings is 1. The minimum absolute atomic E-state index is 0.283. The van der Waals surface area contributed by atoms with Crippen LogP contribution in [0.3, 0.4) is 0 Å². The Morgan fingerprint density at radius 1 is 1.43 bits per heavy atom. The minimum Gasteiger partial charge on any atom is -0.447 e. The second-order valence-electron chi connectivity index (χ2n) is 2.72. The van der Waals surface area contributed by atoms with Gasteiger partial charge in [-0.1, -0.05) is 0 Å². The average Bonchev–Trinajstić information content (AvgIpc) is 2.73. The van der Waals surface area contributed by atoms with Gasteiger partial charge in [0.15, 0.2) is 5.22 Å². The number of aliphatic hydroxyl groups is 1. The van der Waals surface area contributed by atoms with E-state index in [1.54, 1.807) is 12.1 Å². The van der Waals surface area contributed by atoms with Crippen LogP contribution in [0.15, 0.2) is 31.8 Å². The van der Waals surface area contributed by atoms with E-state index in [0.29, 0.717) is 5.76 Å². The van der Waals surface area contributed by atoms with Crippen molar-refractivity contribution in [3.8, 4) is 0 Å². The van der Waals surface area contributed by atoms with Crippen molar-refractivity contribution >= 4 is 38.9 Å². The predicted octanol–water partition coefficient (Wildman–Crippen LogP) is 3.84. The van der Waals surface area contributed by atoms with Gasteiger partial charge in [0.25, 0.3) is 0 Å². The zero-order chi connectivity index (χ0) is 10.1. The quantitative estimate of drug-likeness (QED) is 0.912. The van der Waals surface area contributed by atoms with Gasteiger partial charge in [0.2, 0.25) is 0 Å². The van der Waals surface area contributed by atoms with Crippen LogP contribution in [-0.2, 0) is 0 Å². The largest absolute Gasteiger partial charge is 0.447 e. The van der Waals surface area contributed by atoms with Gasteiger partial charge >= 0.3 is 0 Å². The molecule has 0 spiro atoms. The van der Waals surface area contributed by atoms with Gasteiger partial charge in [-0.15, -0.1) is 0 Å². The summed E-state index contributed by atoms with van der Waals surface area (Å²) in [5.74, 6) is 0.453. The van der Waals surface area contributed by atoms with E-state index in [4.69, 9.17) is 16.0 Å². The van der Waals surface area contributed by atoms with Gasteiger partial charge in [-0.05, 0) is 45.0 Å². The van der Waals surface area contributed by atoms with E-state index < -0.39 is 6.10 Å². The van der Waals surface area contributed by atoms with E-state index in [1.807, 2.05) is 10.8 Å². The summed E-state index contributed by atoms with van der Waals surface area (Å²) in [4.78, 5) is 0. The van der Waals surface area contributed by atoms with Gasteiger partial charge in [-0.3, -0.25) is 0 Å². The van der Waals surface area contributed by atoms with Crippen LogP contribution in [0.5, 0.6) is 0 Å². The summed E-state index contributed by atoms with van der Waals surface area (Å²) < 4.78 is 6.00. The molecule has 0 amide bonds. The lowest BCUT2D eigenvalue weighted by Gasteiger charge is -2.05. The Kier molecular flexibility index (Phi) is 2.97. The van der Waals surface area contributed by atoms with Crippen LogP contribution in [-0.4, -0.2) is 5.11 Å². The maximum Gasteiger partial charge on any atom is 0.193 e. The molecular weight excluding hydrogens is 288 g/mol. The predicted molar refractivity (Wildman–Crippen MR) is 59.8 cm³/mol. The maximum atomic E-state index is 9.90. The molecule has 2 heterocycles. The molecule has 2 aromatic heterocycles. The van der Waals surface area contributed by atoms with E-state index in [0.717, 1.165) is 10.0 Å². The van der Waals surface area contributed by atoms with Crippen LogP contribution < -0.4 is 0 Å². The van der Waals surface area contributed by atoms with Gasteiger partial charge in [0.1, 0.15) is 11.9 Å². The van der Waals surface area contributed by atoms with E-state index in [9.17, 15) is 5.11 Å². The SMILES string of the molecule is OC(c1ccc(Cl)o1)c1cscc1Br. The van der Waals surface area contributed by atoms with Gasteiger partial charge < -0.3 is 9.52 Å². The summed E-state index contributed by atoms with van der Waals surface area (Å²) in [5, 5.41) is 14.0. The summed E-state index contributed by atoms with van der Waals surface area (Å²) in [7, 11) is 0. The van der Waals surface area contributed by atoms with Gasteiger partial charge in [0, 0.05) is 15.4 Å². The summed E-state index contributed by atoms with van der Waals surface area (Å²) in [6.07, 6.45) is -0.761. The Labute approximate surface area is 98.3 Å². The molecule has 1 N–H and O–H groups in total. The van der Waals surface area contributed by atoms with Crippen LogP contribution in [0, 0.1) is 0 Å². The average molecular weight is 294 g/mol. The van der Waals surface area contributed by atoms with Crippen LogP contribution in [0.4, 0.5) is 0 Å². The zero-order valence-electron chi connectivity index (χ0n) is 6.91. The Bertz CT molecular complexity index is 437. The number of hydrogen-bond acceptors (Lipinski definition) is 3. The lowest BCUT2D eigenvalue weighted by molar-refractivity contribution is 0.189. The molecule has 1 unspecified atom stereocenters. The second-order valence-corrected chi connectivity index (χ2v) is 4.69. The molecule has 0 saturated carbocycles. The topological polar surface area (TPSA) is 33.4 Å². The number of aliphatic hydroxyl groups excluding tert-OH is 1. The molecule has 0 radical (unpaired) electrons. The molecule has 14 heavy (non-hydrogen) atoms. The monoisotopic (exact) mass is 292 g/mol. The van der Waals surface area contributed by atoms with Crippen molar-refractivity contribution in [1.82, 2.24) is 0 Å². The fourth-order valence-electron chi connectivity index (χ4n) is 1.11. The summed E-state index contributed by atoms with van der Waals surface area (Å²) in [6.45, 7) is 0. The first-order valence-corrected chi connectivity index (χ1v) is 5.94. The Morgan fingerprint density at radius 2 is 2.21 bits per heavy atom. The fourth-order valence-corrected chi connectivity index (χ4v) is 2.80. The van der Waals surface area contributed by atoms with E-state index in [-0.39, 0.29) is 5.22 Å². The van der Waals surface area contributed by atoms with Crippen molar-refractivity contribution < 1.29 is 9.52 Å². The van der Waals surface area contributed by atoms with Crippen LogP contribution in [0.1, 0.15) is 17.4 Å². The standard InChI is InChI=1S/C9H6BrClO2S/c10-6-4-14-3-5(6)9(12)7-1-2-8(11)13-7/h1-4,9,12H. The molecule has 2 aromatic rings. The third-order valence-electron chi connectivity index (χ3n) is 1.80. The minimum atomic E-state index is -0.761. The highest BCUT2D eigenvalue weighted by molar-refractivity contribution is 9.10. The Morgan fingerprint density at radius 3 is 2.71 bits per heavy atom. The van der Waals surface area contributed by atoms with E-state index in [1.165, 1.54) is 11.3 Å². The first-order valence-electron chi connectivity index (χ1n) is 3.83. The lowest BCUT2D eigenvalue weighted by atomic mass is 10.1. The third kappa shape index (κ3) is 1.88.